The summed E-state index contributed by atoms with van der Waals surface area (Å²) < 4.78 is 13.1. The van der Waals surface area contributed by atoms with Crippen LogP contribution in [0, 0.1) is 15.9 Å². The standard InChI is InChI=1S/C15H17FN4O4/c1-2-4-11-14(20(23)24)13(19-18-11)15(22)17-8-12(21)9-5-3-6-10(16)7-9/h3,5-7,12,21H,2,4,8H2,1H3,(H,17,22)(H,18,19)/t12-/m1/s1. The van der Waals surface area contributed by atoms with Gasteiger partial charge in [0.1, 0.15) is 11.5 Å². The first-order chi connectivity index (χ1) is 11.4. The van der Waals surface area contributed by atoms with Gasteiger partial charge >= 0.3 is 5.69 Å². The molecule has 1 aromatic carbocycles. The molecule has 0 unspecified atom stereocenters. The number of amides is 1. The first-order valence-electron chi connectivity index (χ1n) is 7.37. The van der Waals surface area contributed by atoms with E-state index in [4.69, 9.17) is 0 Å². The summed E-state index contributed by atoms with van der Waals surface area (Å²) in [6.07, 6.45) is -0.0944. The highest BCUT2D eigenvalue weighted by Gasteiger charge is 2.28. The second-order valence-corrected chi connectivity index (χ2v) is 5.19. The van der Waals surface area contributed by atoms with Crippen LogP contribution in [0.1, 0.15) is 41.2 Å². The number of aliphatic hydroxyl groups excluding tert-OH is 1. The van der Waals surface area contributed by atoms with Crippen molar-refractivity contribution in [2.24, 2.45) is 0 Å². The lowest BCUT2D eigenvalue weighted by Gasteiger charge is -2.11. The van der Waals surface area contributed by atoms with Gasteiger partial charge in [0, 0.05) is 6.54 Å². The summed E-state index contributed by atoms with van der Waals surface area (Å²) in [5, 5.41) is 29.7. The van der Waals surface area contributed by atoms with Crippen molar-refractivity contribution < 1.29 is 19.2 Å². The Bertz CT molecular complexity index is 747. The zero-order chi connectivity index (χ0) is 17.7. The van der Waals surface area contributed by atoms with Crippen molar-refractivity contribution in [3.8, 4) is 0 Å². The van der Waals surface area contributed by atoms with E-state index in [2.05, 4.69) is 15.5 Å². The molecule has 0 saturated heterocycles. The SMILES string of the molecule is CCCc1[nH]nc(C(=O)NC[C@@H](O)c2cccc(F)c2)c1[N+](=O)[O-]. The maximum Gasteiger partial charge on any atom is 0.322 e. The second-order valence-electron chi connectivity index (χ2n) is 5.19. The average molecular weight is 336 g/mol. The summed E-state index contributed by atoms with van der Waals surface area (Å²) >= 11 is 0. The highest BCUT2D eigenvalue weighted by atomic mass is 19.1. The van der Waals surface area contributed by atoms with Gasteiger partial charge in [-0.25, -0.2) is 4.39 Å². The number of carbonyl (C=O) groups is 1. The Morgan fingerprint density at radius 2 is 2.29 bits per heavy atom. The third kappa shape index (κ3) is 3.93. The number of benzene rings is 1. The van der Waals surface area contributed by atoms with Gasteiger partial charge in [-0.2, -0.15) is 5.10 Å². The first kappa shape index (κ1) is 17.5. The topological polar surface area (TPSA) is 121 Å². The van der Waals surface area contributed by atoms with Crippen molar-refractivity contribution in [3.05, 3.63) is 57.1 Å². The van der Waals surface area contributed by atoms with Crippen molar-refractivity contribution in [1.29, 1.82) is 0 Å². The Kier molecular flexibility index (Phi) is 5.59. The first-order valence-corrected chi connectivity index (χ1v) is 7.37. The number of nitrogens with zero attached hydrogens (tertiary/aromatic N) is 2. The monoisotopic (exact) mass is 336 g/mol. The number of carbonyl (C=O) groups excluding carboxylic acids is 1. The van der Waals surface area contributed by atoms with E-state index in [0.717, 1.165) is 6.07 Å². The van der Waals surface area contributed by atoms with E-state index < -0.39 is 22.8 Å². The predicted molar refractivity (Wildman–Crippen MR) is 82.9 cm³/mol. The predicted octanol–water partition coefficient (Wildman–Crippen LogP) is 1.87. The molecule has 0 spiro atoms. The second kappa shape index (κ2) is 7.64. The summed E-state index contributed by atoms with van der Waals surface area (Å²) in [6.45, 7) is 1.62. The number of hydrogen-bond acceptors (Lipinski definition) is 5. The van der Waals surface area contributed by atoms with Crippen LogP contribution in [0.15, 0.2) is 24.3 Å². The summed E-state index contributed by atoms with van der Waals surface area (Å²) in [5.41, 5.74) is -0.138. The minimum Gasteiger partial charge on any atom is -0.387 e. The van der Waals surface area contributed by atoms with Crippen molar-refractivity contribution in [2.45, 2.75) is 25.9 Å². The van der Waals surface area contributed by atoms with Crippen LogP contribution in [0.25, 0.3) is 0 Å². The number of hydrogen-bond donors (Lipinski definition) is 3. The molecule has 3 N–H and O–H groups in total. The molecule has 128 valence electrons. The lowest BCUT2D eigenvalue weighted by atomic mass is 10.1. The van der Waals surface area contributed by atoms with Gasteiger partial charge in [-0.05, 0) is 24.1 Å². The largest absolute Gasteiger partial charge is 0.387 e. The van der Waals surface area contributed by atoms with E-state index in [1.165, 1.54) is 18.2 Å². The minimum absolute atomic E-state index is 0.227. The zero-order valence-electron chi connectivity index (χ0n) is 13.0. The van der Waals surface area contributed by atoms with E-state index in [9.17, 15) is 24.4 Å². The fraction of sp³-hybridized carbons (Fsp3) is 0.333. The number of aryl methyl sites for hydroxylation is 1. The van der Waals surface area contributed by atoms with Gasteiger partial charge < -0.3 is 10.4 Å². The van der Waals surface area contributed by atoms with E-state index in [1.807, 2.05) is 6.92 Å². The van der Waals surface area contributed by atoms with Gasteiger partial charge in [0.25, 0.3) is 5.91 Å². The highest BCUT2D eigenvalue weighted by Crippen LogP contribution is 2.22. The van der Waals surface area contributed by atoms with Crippen LogP contribution in [0.5, 0.6) is 0 Å². The molecule has 0 radical (unpaired) electrons. The third-order valence-electron chi connectivity index (χ3n) is 3.40. The molecule has 1 amide bonds. The Balaban J connectivity index is 2.09. The van der Waals surface area contributed by atoms with Crippen LogP contribution in [-0.2, 0) is 6.42 Å². The average Bonchev–Trinajstić information content (AvgIpc) is 2.96. The smallest absolute Gasteiger partial charge is 0.322 e. The molecule has 1 aromatic heterocycles. The molecule has 0 bridgehead atoms. The van der Waals surface area contributed by atoms with Crippen molar-refractivity contribution in [2.75, 3.05) is 6.54 Å². The van der Waals surface area contributed by atoms with Crippen LogP contribution in [0.2, 0.25) is 0 Å². The van der Waals surface area contributed by atoms with Crippen molar-refractivity contribution >= 4 is 11.6 Å². The molecule has 2 rings (SSSR count). The molecule has 0 saturated carbocycles. The van der Waals surface area contributed by atoms with Gasteiger partial charge in [0.05, 0.1) is 11.0 Å². The van der Waals surface area contributed by atoms with E-state index in [1.54, 1.807) is 0 Å². The minimum atomic E-state index is -1.14. The van der Waals surface area contributed by atoms with Gasteiger partial charge in [-0.3, -0.25) is 20.0 Å². The summed E-state index contributed by atoms with van der Waals surface area (Å²) in [6, 6.07) is 5.33. The number of nitrogens with one attached hydrogen (secondary N) is 2. The molecule has 8 nitrogen and oxygen atoms in total. The normalized spacial score (nSPS) is 12.0. The third-order valence-corrected chi connectivity index (χ3v) is 3.40. The summed E-state index contributed by atoms with van der Waals surface area (Å²) in [7, 11) is 0. The fourth-order valence-corrected chi connectivity index (χ4v) is 2.26. The number of halogens is 1. The van der Waals surface area contributed by atoms with Crippen LogP contribution in [0.4, 0.5) is 10.1 Å². The fourth-order valence-electron chi connectivity index (χ4n) is 2.26. The van der Waals surface area contributed by atoms with Crippen LogP contribution < -0.4 is 5.32 Å². The Hall–Kier alpha value is -2.81. The van der Waals surface area contributed by atoms with E-state index in [-0.39, 0.29) is 23.6 Å². The van der Waals surface area contributed by atoms with E-state index in [0.29, 0.717) is 18.4 Å². The molecular weight excluding hydrogens is 319 g/mol. The number of aromatic amines is 1. The molecule has 0 aliphatic rings. The molecule has 0 fully saturated rings. The van der Waals surface area contributed by atoms with Crippen molar-refractivity contribution in [3.63, 3.8) is 0 Å². The van der Waals surface area contributed by atoms with E-state index >= 15 is 0 Å². The molecule has 0 aliphatic heterocycles. The molecular formula is C15H17FN4O4. The quantitative estimate of drug-likeness (QED) is 0.526. The van der Waals surface area contributed by atoms with Gasteiger partial charge in [-0.1, -0.05) is 25.5 Å². The summed E-state index contributed by atoms with van der Waals surface area (Å²) in [5.74, 6) is -1.29. The number of rotatable bonds is 7. The molecule has 9 heteroatoms. The van der Waals surface area contributed by atoms with Gasteiger partial charge in [-0.15, -0.1) is 0 Å². The number of aromatic nitrogens is 2. The maximum atomic E-state index is 13.1. The Morgan fingerprint density at radius 3 is 2.92 bits per heavy atom. The zero-order valence-corrected chi connectivity index (χ0v) is 13.0. The number of nitro groups is 1. The molecule has 1 heterocycles. The van der Waals surface area contributed by atoms with Gasteiger partial charge in [0.15, 0.2) is 0 Å². The van der Waals surface area contributed by atoms with Gasteiger partial charge in [0.2, 0.25) is 5.69 Å². The molecule has 0 aliphatic carbocycles. The number of H-pyrrole nitrogens is 1. The van der Waals surface area contributed by atoms with Crippen LogP contribution in [-0.4, -0.2) is 32.7 Å². The summed E-state index contributed by atoms with van der Waals surface area (Å²) in [4.78, 5) is 22.6. The Labute approximate surface area is 136 Å². The van der Waals surface area contributed by atoms with Crippen molar-refractivity contribution in [1.82, 2.24) is 15.5 Å². The highest BCUT2D eigenvalue weighted by molar-refractivity contribution is 5.96. The van der Waals surface area contributed by atoms with Crippen LogP contribution >= 0.6 is 0 Å². The molecule has 1 atom stereocenters. The Morgan fingerprint density at radius 1 is 1.54 bits per heavy atom. The van der Waals surface area contributed by atoms with Crippen LogP contribution in [0.3, 0.4) is 0 Å². The molecule has 2 aromatic rings. The maximum absolute atomic E-state index is 13.1. The molecule has 24 heavy (non-hydrogen) atoms. The lowest BCUT2D eigenvalue weighted by molar-refractivity contribution is -0.385. The number of aliphatic hydroxyl groups is 1. The lowest BCUT2D eigenvalue weighted by Crippen LogP contribution is -2.29.